The van der Waals surface area contributed by atoms with Crippen LogP contribution in [0, 0.1) is 0 Å². The van der Waals surface area contributed by atoms with E-state index < -0.39 is 0 Å². The minimum atomic E-state index is -0.149. The van der Waals surface area contributed by atoms with Crippen molar-refractivity contribution in [3.8, 4) is 0 Å². The maximum absolute atomic E-state index is 12.7. The Morgan fingerprint density at radius 3 is 2.45 bits per heavy atom. The highest BCUT2D eigenvalue weighted by Gasteiger charge is 2.32. The molecule has 0 atom stereocenters. The van der Waals surface area contributed by atoms with Gasteiger partial charge in [-0.25, -0.2) is 0 Å². The molecule has 7 nitrogen and oxygen atoms in total. The first-order valence-electron chi connectivity index (χ1n) is 10.9. The Balaban J connectivity index is 1.31. The smallest absolute Gasteiger partial charge is 0.168 e. The van der Waals surface area contributed by atoms with E-state index in [4.69, 9.17) is 16.7 Å². The lowest BCUT2D eigenvalue weighted by Crippen LogP contribution is -2.48. The highest BCUT2D eigenvalue weighted by Crippen LogP contribution is 2.37. The predicted octanol–water partition coefficient (Wildman–Crippen LogP) is 1.92. The van der Waals surface area contributed by atoms with Gasteiger partial charge in [-0.2, -0.15) is 0 Å². The Morgan fingerprint density at radius 1 is 1.10 bits per heavy atom. The summed E-state index contributed by atoms with van der Waals surface area (Å²) in [6, 6.07) is 5.83. The van der Waals surface area contributed by atoms with Crippen LogP contribution in [0.2, 0.25) is 5.02 Å². The number of H-pyrrole nitrogens is 1. The molecule has 2 aliphatic rings. The molecule has 166 valence electrons. The first-order chi connectivity index (χ1) is 15.1. The van der Waals surface area contributed by atoms with Crippen molar-refractivity contribution in [2.24, 2.45) is 0 Å². The number of halogens is 1. The van der Waals surface area contributed by atoms with E-state index in [9.17, 15) is 9.59 Å². The lowest BCUT2D eigenvalue weighted by atomic mass is 9.79. The molecule has 1 aromatic heterocycles. The molecule has 1 aromatic carbocycles. The molecular formula is C23H29ClN4O3. The second-order valence-corrected chi connectivity index (χ2v) is 8.68. The quantitative estimate of drug-likeness (QED) is 0.343. The van der Waals surface area contributed by atoms with Crippen molar-refractivity contribution in [3.63, 3.8) is 0 Å². The van der Waals surface area contributed by atoms with Gasteiger partial charge in [0, 0.05) is 82.0 Å². The average Bonchev–Trinajstić information content (AvgIpc) is 3.15. The maximum Gasteiger partial charge on any atom is 0.168 e. The molecule has 1 saturated carbocycles. The van der Waals surface area contributed by atoms with Crippen LogP contribution in [0.25, 0.3) is 10.9 Å². The molecule has 4 rings (SSSR count). The van der Waals surface area contributed by atoms with Gasteiger partial charge in [0.15, 0.2) is 11.6 Å². The molecule has 0 amide bonds. The number of carbonyl (C=O) groups is 2. The third kappa shape index (κ3) is 5.01. The van der Waals surface area contributed by atoms with Crippen LogP contribution in [0.3, 0.4) is 0 Å². The Labute approximate surface area is 187 Å². The number of hydrogen-bond donors (Lipinski definition) is 3. The van der Waals surface area contributed by atoms with Gasteiger partial charge in [0.25, 0.3) is 0 Å². The lowest BCUT2D eigenvalue weighted by Gasteiger charge is -2.34. The summed E-state index contributed by atoms with van der Waals surface area (Å²) in [5.41, 5.74) is 2.15. The number of aliphatic hydroxyl groups excluding tert-OH is 1. The molecule has 3 N–H and O–H groups in total. The zero-order valence-corrected chi connectivity index (χ0v) is 18.3. The number of fused-ring (bicyclic) bond motifs is 1. The first-order valence-corrected chi connectivity index (χ1v) is 11.3. The van der Waals surface area contributed by atoms with Gasteiger partial charge in [0.2, 0.25) is 0 Å². The monoisotopic (exact) mass is 444 g/mol. The summed E-state index contributed by atoms with van der Waals surface area (Å²) in [7, 11) is 0. The second kappa shape index (κ2) is 9.96. The highest BCUT2D eigenvalue weighted by atomic mass is 35.5. The van der Waals surface area contributed by atoms with Crippen LogP contribution >= 0.6 is 11.6 Å². The van der Waals surface area contributed by atoms with Crippen molar-refractivity contribution in [2.75, 3.05) is 52.4 Å². The molecule has 0 unspecified atom stereocenters. The van der Waals surface area contributed by atoms with E-state index in [1.54, 1.807) is 12.4 Å². The van der Waals surface area contributed by atoms with Gasteiger partial charge in [-0.1, -0.05) is 23.7 Å². The van der Waals surface area contributed by atoms with Crippen molar-refractivity contribution in [1.82, 2.24) is 20.1 Å². The number of hydrogen-bond acceptors (Lipinski definition) is 6. The lowest BCUT2D eigenvalue weighted by molar-refractivity contribution is -0.124. The highest BCUT2D eigenvalue weighted by molar-refractivity contribution is 6.36. The van der Waals surface area contributed by atoms with E-state index in [1.165, 1.54) is 0 Å². The number of β-amino-alcohol motifs (C(OH)–C–C–N with tert-alkyl or cyclic N) is 1. The number of ketones is 2. The number of carbonyl (C=O) groups excluding carboxylic acids is 2. The van der Waals surface area contributed by atoms with Gasteiger partial charge < -0.3 is 15.4 Å². The van der Waals surface area contributed by atoms with E-state index >= 15 is 0 Å². The Bertz CT molecular complexity index is 958. The van der Waals surface area contributed by atoms with Crippen LogP contribution in [-0.2, 0) is 9.59 Å². The molecule has 1 aliphatic heterocycles. The van der Waals surface area contributed by atoms with Crippen LogP contribution in [-0.4, -0.2) is 83.9 Å². The molecule has 2 aromatic rings. The molecule has 0 radical (unpaired) electrons. The molecule has 0 bridgehead atoms. The van der Waals surface area contributed by atoms with Crippen LogP contribution in [0.5, 0.6) is 0 Å². The second-order valence-electron chi connectivity index (χ2n) is 8.28. The van der Waals surface area contributed by atoms with Crippen LogP contribution < -0.4 is 5.32 Å². The third-order valence-corrected chi connectivity index (χ3v) is 6.59. The minimum absolute atomic E-state index is 0.116. The number of piperazine rings is 1. The van der Waals surface area contributed by atoms with Crippen molar-refractivity contribution in [2.45, 2.75) is 18.8 Å². The molecule has 31 heavy (non-hydrogen) atoms. The number of nitrogens with zero attached hydrogens (tertiary/aromatic N) is 2. The Morgan fingerprint density at radius 2 is 1.77 bits per heavy atom. The summed E-state index contributed by atoms with van der Waals surface area (Å²) < 4.78 is 0. The fourth-order valence-electron chi connectivity index (χ4n) is 4.56. The summed E-state index contributed by atoms with van der Waals surface area (Å²) >= 11 is 6.33. The number of aromatic amines is 1. The van der Waals surface area contributed by atoms with Crippen molar-refractivity contribution >= 4 is 34.1 Å². The van der Waals surface area contributed by atoms with E-state index in [1.807, 2.05) is 18.2 Å². The molecule has 1 aliphatic carbocycles. The van der Waals surface area contributed by atoms with Gasteiger partial charge >= 0.3 is 0 Å². The fraction of sp³-hybridized carbons (Fsp3) is 0.478. The summed E-state index contributed by atoms with van der Waals surface area (Å²) in [5.74, 6) is -0.380. The zero-order chi connectivity index (χ0) is 21.8. The summed E-state index contributed by atoms with van der Waals surface area (Å²) in [6.45, 7) is 6.31. The van der Waals surface area contributed by atoms with E-state index in [-0.39, 0.29) is 29.7 Å². The first kappa shape index (κ1) is 22.0. The SMILES string of the molecule is O=C1CC(c2cccc3[nH]cc(Cl)c23)CC(=O)C1=CNCCN1CCN(CCO)CC1. The number of allylic oxidation sites excluding steroid dienone is 1. The molecule has 1 saturated heterocycles. The standard InChI is InChI=1S/C23H29ClN4O3/c24-19-15-26-20-3-1-2-17(23(19)20)16-12-21(30)18(22(31)13-16)14-25-4-5-27-6-8-28(9-7-27)10-11-29/h1-3,14-16,25-26,29H,4-13H2. The summed E-state index contributed by atoms with van der Waals surface area (Å²) in [5, 5.41) is 13.7. The average molecular weight is 445 g/mol. The molecule has 8 heteroatoms. The largest absolute Gasteiger partial charge is 0.395 e. The van der Waals surface area contributed by atoms with Gasteiger partial charge in [0.1, 0.15) is 0 Å². The summed E-state index contributed by atoms with van der Waals surface area (Å²) in [4.78, 5) is 33.2. The summed E-state index contributed by atoms with van der Waals surface area (Å²) in [6.07, 6.45) is 3.97. The number of aromatic nitrogens is 1. The maximum atomic E-state index is 12.7. The van der Waals surface area contributed by atoms with Crippen molar-refractivity contribution < 1.29 is 14.7 Å². The number of Topliss-reactive ketones (excluding diaryl/α,β-unsaturated/α-hetero) is 2. The molecule has 2 heterocycles. The van der Waals surface area contributed by atoms with Crippen molar-refractivity contribution in [1.29, 1.82) is 0 Å². The molecule has 0 spiro atoms. The predicted molar refractivity (Wildman–Crippen MR) is 121 cm³/mol. The zero-order valence-electron chi connectivity index (χ0n) is 17.6. The van der Waals surface area contributed by atoms with Gasteiger partial charge in [-0.15, -0.1) is 0 Å². The minimum Gasteiger partial charge on any atom is -0.395 e. The van der Waals surface area contributed by atoms with Gasteiger partial charge in [0.05, 0.1) is 17.2 Å². The number of aliphatic hydroxyl groups is 1. The van der Waals surface area contributed by atoms with Gasteiger partial charge in [-0.3, -0.25) is 19.4 Å². The third-order valence-electron chi connectivity index (χ3n) is 6.29. The van der Waals surface area contributed by atoms with Crippen LogP contribution in [0.15, 0.2) is 36.2 Å². The normalized spacial score (nSPS) is 21.1. The topological polar surface area (TPSA) is 88.7 Å². The Hall–Kier alpha value is -2.19. The fourth-order valence-corrected chi connectivity index (χ4v) is 4.83. The van der Waals surface area contributed by atoms with Crippen LogP contribution in [0.1, 0.15) is 24.3 Å². The van der Waals surface area contributed by atoms with Crippen molar-refractivity contribution in [3.05, 3.63) is 46.8 Å². The Kier molecular flexibility index (Phi) is 7.07. The van der Waals surface area contributed by atoms with E-state index in [0.717, 1.165) is 55.7 Å². The van der Waals surface area contributed by atoms with Gasteiger partial charge in [-0.05, 0) is 17.5 Å². The van der Waals surface area contributed by atoms with E-state index in [2.05, 4.69) is 20.1 Å². The van der Waals surface area contributed by atoms with E-state index in [0.29, 0.717) is 24.4 Å². The molecule has 2 fully saturated rings. The number of benzene rings is 1. The molecular weight excluding hydrogens is 416 g/mol. The van der Waals surface area contributed by atoms with Crippen LogP contribution in [0.4, 0.5) is 0 Å². The number of nitrogens with one attached hydrogen (secondary N) is 2. The number of rotatable bonds is 7.